The fourth-order valence-corrected chi connectivity index (χ4v) is 1.00. The molecule has 0 spiro atoms. The number of aromatic amines is 1. The summed E-state index contributed by atoms with van der Waals surface area (Å²) in [6, 6.07) is 0. The fourth-order valence-electron chi connectivity index (χ4n) is 0.638. The van der Waals surface area contributed by atoms with Gasteiger partial charge in [-0.3, -0.25) is 19.4 Å². The SMILES string of the molecule is Cn1[nH]c(=O)c(C=O)c1Br. The van der Waals surface area contributed by atoms with E-state index in [9.17, 15) is 9.59 Å². The number of nitrogens with zero attached hydrogens (tertiary/aromatic N) is 1. The van der Waals surface area contributed by atoms with Gasteiger partial charge in [-0.25, -0.2) is 0 Å². The van der Waals surface area contributed by atoms with Crippen molar-refractivity contribution in [3.8, 4) is 0 Å². The summed E-state index contributed by atoms with van der Waals surface area (Å²) in [6.07, 6.45) is 0.517. The third kappa shape index (κ3) is 0.923. The number of halogens is 1. The number of carbonyl (C=O) groups excluding carboxylic acids is 1. The Labute approximate surface area is 65.0 Å². The molecular weight excluding hydrogens is 200 g/mol. The van der Waals surface area contributed by atoms with Crippen molar-refractivity contribution in [3.05, 3.63) is 20.5 Å². The number of aryl methyl sites for hydroxylation is 1. The van der Waals surface area contributed by atoms with Gasteiger partial charge in [0.05, 0.1) is 0 Å². The predicted molar refractivity (Wildman–Crippen MR) is 39.1 cm³/mol. The highest BCUT2D eigenvalue weighted by atomic mass is 79.9. The highest BCUT2D eigenvalue weighted by Crippen LogP contribution is 2.07. The molecule has 1 heterocycles. The number of aromatic nitrogens is 2. The van der Waals surface area contributed by atoms with E-state index in [2.05, 4.69) is 21.0 Å². The highest BCUT2D eigenvalue weighted by Gasteiger charge is 2.07. The number of hydrogen-bond donors (Lipinski definition) is 1. The molecule has 0 aliphatic carbocycles. The molecular formula is C5H5BrN2O2. The van der Waals surface area contributed by atoms with Gasteiger partial charge in [-0.2, -0.15) is 0 Å². The van der Waals surface area contributed by atoms with Crippen LogP contribution in [0.4, 0.5) is 0 Å². The topological polar surface area (TPSA) is 54.9 Å². The van der Waals surface area contributed by atoms with E-state index in [1.54, 1.807) is 7.05 Å². The lowest BCUT2D eigenvalue weighted by Crippen LogP contribution is -2.05. The molecule has 10 heavy (non-hydrogen) atoms. The lowest BCUT2D eigenvalue weighted by atomic mass is 10.4. The van der Waals surface area contributed by atoms with Gasteiger partial charge in [0.2, 0.25) is 0 Å². The zero-order chi connectivity index (χ0) is 7.72. The standard InChI is InChI=1S/C5H5BrN2O2/c1-8-4(6)3(2-9)5(10)7-8/h2H,1H3,(H,7,10). The van der Waals surface area contributed by atoms with Crippen LogP contribution in [0.3, 0.4) is 0 Å². The minimum Gasteiger partial charge on any atom is -0.298 e. The molecule has 0 fully saturated rings. The van der Waals surface area contributed by atoms with E-state index in [1.165, 1.54) is 4.68 Å². The molecule has 0 saturated carbocycles. The predicted octanol–water partition coefficient (Wildman–Crippen LogP) is 0.288. The van der Waals surface area contributed by atoms with Crippen LogP contribution in [-0.4, -0.2) is 16.1 Å². The summed E-state index contributed by atoms with van der Waals surface area (Å²) in [6.45, 7) is 0. The maximum atomic E-state index is 10.8. The van der Waals surface area contributed by atoms with Crippen LogP contribution < -0.4 is 5.56 Å². The first-order valence-electron chi connectivity index (χ1n) is 2.56. The van der Waals surface area contributed by atoms with Crippen LogP contribution in [0.5, 0.6) is 0 Å². The first-order valence-corrected chi connectivity index (χ1v) is 3.35. The van der Waals surface area contributed by atoms with Gasteiger partial charge in [-0.1, -0.05) is 0 Å². The number of H-pyrrole nitrogens is 1. The molecule has 0 amide bonds. The van der Waals surface area contributed by atoms with E-state index in [4.69, 9.17) is 0 Å². The molecule has 0 atom stereocenters. The fraction of sp³-hybridized carbons (Fsp3) is 0.200. The van der Waals surface area contributed by atoms with Crippen LogP contribution in [0.2, 0.25) is 0 Å². The zero-order valence-corrected chi connectivity index (χ0v) is 6.81. The summed E-state index contributed by atoms with van der Waals surface area (Å²) >= 11 is 3.06. The van der Waals surface area contributed by atoms with Gasteiger partial charge in [-0.15, -0.1) is 0 Å². The minimum absolute atomic E-state index is 0.127. The number of carbonyl (C=O) groups is 1. The Bertz CT molecular complexity index is 312. The molecule has 4 nitrogen and oxygen atoms in total. The van der Waals surface area contributed by atoms with Crippen molar-refractivity contribution in [2.24, 2.45) is 7.05 Å². The van der Waals surface area contributed by atoms with E-state index >= 15 is 0 Å². The van der Waals surface area contributed by atoms with E-state index in [0.29, 0.717) is 10.9 Å². The van der Waals surface area contributed by atoms with Crippen molar-refractivity contribution < 1.29 is 4.79 Å². The van der Waals surface area contributed by atoms with E-state index in [0.717, 1.165) is 0 Å². The lowest BCUT2D eigenvalue weighted by Gasteiger charge is -1.88. The second kappa shape index (κ2) is 2.42. The quantitative estimate of drug-likeness (QED) is 0.669. The monoisotopic (exact) mass is 204 g/mol. The number of aldehydes is 1. The first kappa shape index (κ1) is 7.27. The first-order chi connectivity index (χ1) is 4.66. The van der Waals surface area contributed by atoms with Gasteiger partial charge in [-0.05, 0) is 15.9 Å². The van der Waals surface area contributed by atoms with Crippen molar-refractivity contribution >= 4 is 22.2 Å². The Hall–Kier alpha value is -0.840. The molecule has 0 aromatic carbocycles. The summed E-state index contributed by atoms with van der Waals surface area (Å²) in [7, 11) is 1.64. The van der Waals surface area contributed by atoms with Crippen molar-refractivity contribution in [2.75, 3.05) is 0 Å². The van der Waals surface area contributed by atoms with Crippen LogP contribution in [0.25, 0.3) is 0 Å². The molecule has 5 heteroatoms. The summed E-state index contributed by atoms with van der Waals surface area (Å²) in [5.41, 5.74) is -0.244. The average Bonchev–Trinajstić information content (AvgIpc) is 2.09. The van der Waals surface area contributed by atoms with Crippen molar-refractivity contribution in [3.63, 3.8) is 0 Å². The van der Waals surface area contributed by atoms with Gasteiger partial charge >= 0.3 is 0 Å². The maximum Gasteiger partial charge on any atom is 0.275 e. The molecule has 0 radical (unpaired) electrons. The number of hydrogen-bond acceptors (Lipinski definition) is 2. The number of rotatable bonds is 1. The molecule has 0 aliphatic heterocycles. The molecule has 0 saturated heterocycles. The molecule has 1 aromatic heterocycles. The smallest absolute Gasteiger partial charge is 0.275 e. The Morgan fingerprint density at radius 1 is 1.70 bits per heavy atom. The normalized spacial score (nSPS) is 9.80. The van der Waals surface area contributed by atoms with Gasteiger partial charge in [0.25, 0.3) is 5.56 Å². The zero-order valence-electron chi connectivity index (χ0n) is 5.22. The molecule has 1 N–H and O–H groups in total. The van der Waals surface area contributed by atoms with Crippen molar-refractivity contribution in [1.29, 1.82) is 0 Å². The second-order valence-corrected chi connectivity index (χ2v) is 2.57. The van der Waals surface area contributed by atoms with Crippen LogP contribution in [0.15, 0.2) is 9.40 Å². The molecule has 0 aliphatic rings. The average molecular weight is 205 g/mol. The van der Waals surface area contributed by atoms with Crippen LogP contribution in [0.1, 0.15) is 10.4 Å². The van der Waals surface area contributed by atoms with Gasteiger partial charge in [0, 0.05) is 7.05 Å². The third-order valence-electron chi connectivity index (χ3n) is 1.15. The lowest BCUT2D eigenvalue weighted by molar-refractivity contribution is 0.112. The summed E-state index contributed by atoms with van der Waals surface area (Å²) in [4.78, 5) is 21.0. The van der Waals surface area contributed by atoms with Gasteiger partial charge in [0.15, 0.2) is 6.29 Å². The largest absolute Gasteiger partial charge is 0.298 e. The van der Waals surface area contributed by atoms with Crippen LogP contribution in [-0.2, 0) is 7.05 Å². The van der Waals surface area contributed by atoms with E-state index in [-0.39, 0.29) is 11.1 Å². The Morgan fingerprint density at radius 2 is 2.30 bits per heavy atom. The van der Waals surface area contributed by atoms with Gasteiger partial charge < -0.3 is 0 Å². The minimum atomic E-state index is -0.371. The Kier molecular flexibility index (Phi) is 1.76. The molecule has 1 aromatic rings. The van der Waals surface area contributed by atoms with Crippen LogP contribution >= 0.6 is 15.9 Å². The summed E-state index contributed by atoms with van der Waals surface area (Å²) in [5.74, 6) is 0. The van der Waals surface area contributed by atoms with Gasteiger partial charge in [0.1, 0.15) is 10.2 Å². The van der Waals surface area contributed by atoms with Crippen molar-refractivity contribution in [2.45, 2.75) is 0 Å². The summed E-state index contributed by atoms with van der Waals surface area (Å²) in [5, 5.41) is 2.41. The summed E-state index contributed by atoms with van der Waals surface area (Å²) < 4.78 is 1.92. The van der Waals surface area contributed by atoms with E-state index < -0.39 is 0 Å². The molecule has 0 unspecified atom stereocenters. The molecule has 0 bridgehead atoms. The number of nitrogens with one attached hydrogen (secondary N) is 1. The van der Waals surface area contributed by atoms with Crippen LogP contribution in [0, 0.1) is 0 Å². The Morgan fingerprint density at radius 3 is 2.50 bits per heavy atom. The maximum absolute atomic E-state index is 10.8. The second-order valence-electron chi connectivity index (χ2n) is 1.82. The van der Waals surface area contributed by atoms with E-state index in [1.807, 2.05) is 0 Å². The Balaban J connectivity index is 3.48. The third-order valence-corrected chi connectivity index (χ3v) is 2.11. The highest BCUT2D eigenvalue weighted by molar-refractivity contribution is 9.10. The van der Waals surface area contributed by atoms with Crippen molar-refractivity contribution in [1.82, 2.24) is 9.78 Å². The molecule has 54 valence electrons. The molecule has 1 rings (SSSR count).